The number of nitrogens with zero attached hydrogens (tertiary/aromatic N) is 3. The fourth-order valence-corrected chi connectivity index (χ4v) is 5.21. The number of hydrogen-bond acceptors (Lipinski definition) is 5. The lowest BCUT2D eigenvalue weighted by Gasteiger charge is -2.25. The Morgan fingerprint density at radius 3 is 2.58 bits per heavy atom. The zero-order valence-corrected chi connectivity index (χ0v) is 14.8. The van der Waals surface area contributed by atoms with Gasteiger partial charge in [-0.15, -0.1) is 0 Å². The van der Waals surface area contributed by atoms with E-state index >= 15 is 0 Å². The number of carbonyl (C=O) groups excluding carboxylic acids is 1. The fraction of sp³-hybridized carbons (Fsp3) is 0.333. The molecule has 136 valence electrons. The summed E-state index contributed by atoms with van der Waals surface area (Å²) in [6, 6.07) is 12.2. The van der Waals surface area contributed by atoms with Crippen LogP contribution in [-0.2, 0) is 21.4 Å². The van der Waals surface area contributed by atoms with Crippen molar-refractivity contribution in [3.05, 3.63) is 60.4 Å². The van der Waals surface area contributed by atoms with E-state index in [1.807, 2.05) is 30.3 Å². The van der Waals surface area contributed by atoms with Crippen LogP contribution >= 0.6 is 0 Å². The molecule has 7 nitrogen and oxygen atoms in total. The molecule has 1 amide bonds. The average molecular weight is 373 g/mol. The van der Waals surface area contributed by atoms with E-state index in [1.54, 1.807) is 11.0 Å². The first-order valence-electron chi connectivity index (χ1n) is 8.41. The van der Waals surface area contributed by atoms with Crippen LogP contribution in [0.3, 0.4) is 0 Å². The number of rotatable bonds is 4. The molecule has 2 aliphatic rings. The number of amides is 1. The maximum atomic E-state index is 12.8. The Morgan fingerprint density at radius 2 is 1.88 bits per heavy atom. The van der Waals surface area contributed by atoms with Gasteiger partial charge in [-0.25, -0.2) is 8.42 Å². The highest BCUT2D eigenvalue weighted by Gasteiger charge is 2.54. The van der Waals surface area contributed by atoms with Crippen molar-refractivity contribution in [2.24, 2.45) is 5.92 Å². The van der Waals surface area contributed by atoms with E-state index in [-0.39, 0.29) is 29.9 Å². The van der Waals surface area contributed by atoms with E-state index in [1.165, 1.54) is 22.8 Å². The molecule has 0 radical (unpaired) electrons. The highest BCUT2D eigenvalue weighted by Crippen LogP contribution is 2.36. The van der Waals surface area contributed by atoms with Gasteiger partial charge in [0.2, 0.25) is 10.0 Å². The Morgan fingerprint density at radius 1 is 1.12 bits per heavy atom. The molecule has 3 atom stereocenters. The SMILES string of the molecule is O=C1[C@@H](O)[C@H]2CN(S(=O)(=O)c3cccnc3)C[C@H]2N1Cc1ccccc1. The first-order valence-corrected chi connectivity index (χ1v) is 9.85. The van der Waals surface area contributed by atoms with Crippen LogP contribution in [0.2, 0.25) is 0 Å². The van der Waals surface area contributed by atoms with E-state index in [4.69, 9.17) is 0 Å². The Balaban J connectivity index is 1.58. The molecule has 26 heavy (non-hydrogen) atoms. The quantitative estimate of drug-likeness (QED) is 0.842. The maximum absolute atomic E-state index is 12.8. The van der Waals surface area contributed by atoms with E-state index < -0.39 is 22.0 Å². The van der Waals surface area contributed by atoms with Crippen molar-refractivity contribution in [2.45, 2.75) is 23.6 Å². The highest BCUT2D eigenvalue weighted by molar-refractivity contribution is 7.89. The number of likely N-dealkylation sites (tertiary alicyclic amines) is 1. The molecule has 0 aliphatic carbocycles. The second-order valence-electron chi connectivity index (χ2n) is 6.64. The number of pyridine rings is 1. The molecule has 0 saturated carbocycles. The Kier molecular flexibility index (Phi) is 4.26. The van der Waals surface area contributed by atoms with Crippen molar-refractivity contribution >= 4 is 15.9 Å². The lowest BCUT2D eigenvalue weighted by molar-refractivity contribution is -0.136. The number of aliphatic hydroxyl groups excluding tert-OH is 1. The topological polar surface area (TPSA) is 90.8 Å². The van der Waals surface area contributed by atoms with Gasteiger partial charge in [-0.3, -0.25) is 9.78 Å². The van der Waals surface area contributed by atoms with Crippen LogP contribution in [0.4, 0.5) is 0 Å². The first kappa shape index (κ1) is 17.1. The van der Waals surface area contributed by atoms with Crippen LogP contribution in [-0.4, -0.2) is 58.9 Å². The van der Waals surface area contributed by atoms with Gasteiger partial charge in [0, 0.05) is 37.9 Å². The molecule has 1 N–H and O–H groups in total. The second-order valence-corrected chi connectivity index (χ2v) is 8.58. The van der Waals surface area contributed by atoms with Gasteiger partial charge in [0.15, 0.2) is 0 Å². The Hall–Kier alpha value is -2.29. The molecule has 4 rings (SSSR count). The molecule has 3 heterocycles. The first-order chi connectivity index (χ1) is 12.5. The summed E-state index contributed by atoms with van der Waals surface area (Å²) in [5, 5.41) is 10.3. The van der Waals surface area contributed by atoms with E-state index in [2.05, 4.69) is 4.98 Å². The highest BCUT2D eigenvalue weighted by atomic mass is 32.2. The molecule has 0 bridgehead atoms. The predicted molar refractivity (Wildman–Crippen MR) is 93.3 cm³/mol. The third-order valence-corrected chi connectivity index (χ3v) is 6.92. The monoisotopic (exact) mass is 373 g/mol. The van der Waals surface area contributed by atoms with E-state index in [0.717, 1.165) is 5.56 Å². The van der Waals surface area contributed by atoms with Crippen molar-refractivity contribution in [3.63, 3.8) is 0 Å². The molecular weight excluding hydrogens is 354 g/mol. The lowest BCUT2D eigenvalue weighted by atomic mass is 10.0. The summed E-state index contributed by atoms with van der Waals surface area (Å²) >= 11 is 0. The van der Waals surface area contributed by atoms with Crippen molar-refractivity contribution in [2.75, 3.05) is 13.1 Å². The van der Waals surface area contributed by atoms with Crippen LogP contribution in [0.15, 0.2) is 59.8 Å². The Bertz CT molecular complexity index is 905. The summed E-state index contributed by atoms with van der Waals surface area (Å²) in [6.07, 6.45) is 1.66. The molecule has 2 fully saturated rings. The fourth-order valence-electron chi connectivity index (χ4n) is 3.75. The number of benzene rings is 1. The molecule has 8 heteroatoms. The number of aromatic nitrogens is 1. The lowest BCUT2D eigenvalue weighted by Crippen LogP contribution is -2.40. The van der Waals surface area contributed by atoms with Crippen molar-refractivity contribution < 1.29 is 18.3 Å². The number of fused-ring (bicyclic) bond motifs is 1. The zero-order valence-electron chi connectivity index (χ0n) is 14.0. The Labute approximate surface area is 151 Å². The molecule has 2 aromatic rings. The molecule has 2 aliphatic heterocycles. The van der Waals surface area contributed by atoms with Gasteiger partial charge in [-0.2, -0.15) is 4.31 Å². The third kappa shape index (κ3) is 2.80. The predicted octanol–water partition coefficient (Wildman–Crippen LogP) is 0.474. The molecule has 1 aromatic carbocycles. The summed E-state index contributed by atoms with van der Waals surface area (Å²) < 4.78 is 27.0. The number of carbonyl (C=O) groups is 1. The van der Waals surface area contributed by atoms with Gasteiger partial charge in [0.25, 0.3) is 5.91 Å². The third-order valence-electron chi connectivity index (χ3n) is 5.11. The molecule has 2 saturated heterocycles. The average Bonchev–Trinajstić information content (AvgIpc) is 3.20. The van der Waals surface area contributed by atoms with Crippen LogP contribution in [0.5, 0.6) is 0 Å². The second kappa shape index (κ2) is 6.46. The smallest absolute Gasteiger partial charge is 0.252 e. The maximum Gasteiger partial charge on any atom is 0.252 e. The van der Waals surface area contributed by atoms with Gasteiger partial charge < -0.3 is 10.0 Å². The molecular formula is C18H19N3O4S. The summed E-state index contributed by atoms with van der Waals surface area (Å²) in [6.45, 7) is 0.663. The van der Waals surface area contributed by atoms with Crippen LogP contribution in [0.25, 0.3) is 0 Å². The van der Waals surface area contributed by atoms with Crippen molar-refractivity contribution in [3.8, 4) is 0 Å². The van der Waals surface area contributed by atoms with Crippen molar-refractivity contribution in [1.29, 1.82) is 0 Å². The minimum Gasteiger partial charge on any atom is -0.383 e. The van der Waals surface area contributed by atoms with E-state index in [0.29, 0.717) is 6.54 Å². The molecule has 0 spiro atoms. The number of hydrogen-bond donors (Lipinski definition) is 1. The molecule has 1 aromatic heterocycles. The summed E-state index contributed by atoms with van der Waals surface area (Å²) in [7, 11) is -3.70. The van der Waals surface area contributed by atoms with Gasteiger partial charge in [0.1, 0.15) is 11.0 Å². The normalized spacial score (nSPS) is 26.3. The minimum atomic E-state index is -3.70. The van der Waals surface area contributed by atoms with Gasteiger partial charge in [-0.1, -0.05) is 30.3 Å². The largest absolute Gasteiger partial charge is 0.383 e. The summed E-state index contributed by atoms with van der Waals surface area (Å²) in [5.41, 5.74) is 0.947. The summed E-state index contributed by atoms with van der Waals surface area (Å²) in [4.78, 5) is 18.0. The van der Waals surface area contributed by atoms with Gasteiger partial charge in [0.05, 0.1) is 6.04 Å². The van der Waals surface area contributed by atoms with E-state index in [9.17, 15) is 18.3 Å². The summed E-state index contributed by atoms with van der Waals surface area (Å²) in [5.74, 6) is -0.750. The zero-order chi connectivity index (χ0) is 18.3. The van der Waals surface area contributed by atoms with Crippen molar-refractivity contribution in [1.82, 2.24) is 14.2 Å². The number of aliphatic hydroxyl groups is 1. The number of sulfonamides is 1. The molecule has 0 unspecified atom stereocenters. The van der Waals surface area contributed by atoms with Gasteiger partial charge >= 0.3 is 0 Å². The van der Waals surface area contributed by atoms with Crippen LogP contribution in [0.1, 0.15) is 5.56 Å². The minimum absolute atomic E-state index is 0.121. The van der Waals surface area contributed by atoms with Crippen LogP contribution < -0.4 is 0 Å². The van der Waals surface area contributed by atoms with Gasteiger partial charge in [-0.05, 0) is 17.7 Å². The van der Waals surface area contributed by atoms with Crippen LogP contribution in [0, 0.1) is 5.92 Å². The standard InChI is InChI=1S/C18H19N3O4S/c22-17-15-11-20(26(24,25)14-7-4-8-19-9-14)12-16(15)21(18(17)23)10-13-5-2-1-3-6-13/h1-9,15-17,22H,10-12H2/t15-,16+,17-/m0/s1.